The lowest BCUT2D eigenvalue weighted by molar-refractivity contribution is -0.917. The number of carbonyl (C=O) groups is 2. The van der Waals surface area contributed by atoms with Crippen LogP contribution in [0.15, 0.2) is 24.3 Å². The fourth-order valence-corrected chi connectivity index (χ4v) is 4.69. The molecular formula is C26H30NO8+. The minimum absolute atomic E-state index is 0.00340. The van der Waals surface area contributed by atoms with Crippen molar-refractivity contribution in [2.45, 2.75) is 13.0 Å². The number of fused-ring (bicyclic) bond motifs is 2. The summed E-state index contributed by atoms with van der Waals surface area (Å²) in [6, 6.07) is 5.37. The monoisotopic (exact) mass is 484 g/mol. The summed E-state index contributed by atoms with van der Waals surface area (Å²) in [6.07, 6.45) is 3.76. The first-order valence-corrected chi connectivity index (χ1v) is 11.2. The average molecular weight is 485 g/mol. The topological polar surface area (TPSA) is 89.5 Å². The van der Waals surface area contributed by atoms with E-state index >= 15 is 0 Å². The van der Waals surface area contributed by atoms with Gasteiger partial charge in [0.05, 0.1) is 53.2 Å². The molecule has 0 saturated heterocycles. The molecule has 186 valence electrons. The zero-order valence-electron chi connectivity index (χ0n) is 20.6. The van der Waals surface area contributed by atoms with Gasteiger partial charge in [-0.1, -0.05) is 0 Å². The van der Waals surface area contributed by atoms with E-state index in [0.717, 1.165) is 11.1 Å². The van der Waals surface area contributed by atoms with Crippen molar-refractivity contribution in [1.82, 2.24) is 0 Å². The summed E-state index contributed by atoms with van der Waals surface area (Å²) in [6.45, 7) is 1.35. The van der Waals surface area contributed by atoms with Gasteiger partial charge in [0.15, 0.2) is 23.8 Å². The van der Waals surface area contributed by atoms with E-state index in [4.69, 9.17) is 28.4 Å². The van der Waals surface area contributed by atoms with Crippen molar-refractivity contribution in [3.05, 3.63) is 46.5 Å². The molecule has 0 spiro atoms. The Morgan fingerprint density at radius 3 is 2.49 bits per heavy atom. The molecule has 0 saturated carbocycles. The van der Waals surface area contributed by atoms with Crippen molar-refractivity contribution in [2.75, 3.05) is 55.4 Å². The zero-order valence-corrected chi connectivity index (χ0v) is 20.6. The Kier molecular flexibility index (Phi) is 6.88. The molecule has 2 aliphatic rings. The van der Waals surface area contributed by atoms with Crippen LogP contribution in [0.4, 0.5) is 0 Å². The second kappa shape index (κ2) is 9.87. The smallest absolute Gasteiger partial charge is 0.361 e. The predicted octanol–water partition coefficient (Wildman–Crippen LogP) is 3.01. The number of hydrogen-bond donors (Lipinski definition) is 0. The fraction of sp³-hybridized carbons (Fsp3) is 0.385. The lowest BCUT2D eigenvalue weighted by atomic mass is 9.88. The van der Waals surface area contributed by atoms with Crippen LogP contribution in [0.25, 0.3) is 6.08 Å². The number of benzene rings is 2. The SMILES string of the molecule is COC(=O)C[N+]1(C)CCc2c(c(OC)c3c(c2C(=O)C=Cc2cc(OC)ccc2OC)OCO3)C1. The minimum Gasteiger partial charge on any atom is -0.497 e. The largest absolute Gasteiger partial charge is 0.497 e. The molecule has 0 N–H and O–H groups in total. The first kappa shape index (κ1) is 24.4. The summed E-state index contributed by atoms with van der Waals surface area (Å²) >= 11 is 0. The van der Waals surface area contributed by atoms with Crippen LogP contribution < -0.4 is 23.7 Å². The number of allylic oxidation sites excluding steroid dienone is 1. The van der Waals surface area contributed by atoms with Gasteiger partial charge in [0.1, 0.15) is 18.0 Å². The molecule has 2 aliphatic heterocycles. The van der Waals surface area contributed by atoms with E-state index < -0.39 is 0 Å². The third-order valence-electron chi connectivity index (χ3n) is 6.47. The van der Waals surface area contributed by atoms with Crippen LogP contribution in [0.5, 0.6) is 28.7 Å². The van der Waals surface area contributed by atoms with E-state index in [1.165, 1.54) is 13.2 Å². The molecule has 2 aromatic rings. The summed E-state index contributed by atoms with van der Waals surface area (Å²) in [5.74, 6) is 2.09. The van der Waals surface area contributed by atoms with E-state index in [2.05, 4.69) is 0 Å². The normalized spacial score (nSPS) is 18.2. The first-order chi connectivity index (χ1) is 16.8. The highest BCUT2D eigenvalue weighted by atomic mass is 16.7. The van der Waals surface area contributed by atoms with Crippen molar-refractivity contribution < 1.29 is 42.5 Å². The molecule has 0 aliphatic carbocycles. The average Bonchev–Trinajstić information content (AvgIpc) is 3.34. The predicted molar refractivity (Wildman–Crippen MR) is 127 cm³/mol. The van der Waals surface area contributed by atoms with Crippen LogP contribution in [0.2, 0.25) is 0 Å². The molecule has 0 amide bonds. The number of hydrogen-bond acceptors (Lipinski definition) is 8. The molecule has 1 unspecified atom stereocenters. The number of carbonyl (C=O) groups excluding carboxylic acids is 2. The quantitative estimate of drug-likeness (QED) is 0.245. The Bertz CT molecular complexity index is 1190. The number of rotatable bonds is 8. The summed E-state index contributed by atoms with van der Waals surface area (Å²) in [5.41, 5.74) is 2.85. The van der Waals surface area contributed by atoms with E-state index in [1.807, 2.05) is 7.05 Å². The highest BCUT2D eigenvalue weighted by Gasteiger charge is 2.40. The molecule has 35 heavy (non-hydrogen) atoms. The number of quaternary nitrogens is 1. The molecule has 0 aromatic heterocycles. The third-order valence-corrected chi connectivity index (χ3v) is 6.47. The van der Waals surface area contributed by atoms with Crippen molar-refractivity contribution in [3.63, 3.8) is 0 Å². The van der Waals surface area contributed by atoms with Crippen molar-refractivity contribution in [2.24, 2.45) is 0 Å². The van der Waals surface area contributed by atoms with E-state index in [-0.39, 0.29) is 25.1 Å². The van der Waals surface area contributed by atoms with E-state index in [1.54, 1.807) is 45.6 Å². The molecule has 2 heterocycles. The van der Waals surface area contributed by atoms with Crippen molar-refractivity contribution >= 4 is 17.8 Å². The number of ketones is 1. The second-order valence-electron chi connectivity index (χ2n) is 8.72. The maximum absolute atomic E-state index is 13.6. The molecule has 0 bridgehead atoms. The fourth-order valence-electron chi connectivity index (χ4n) is 4.69. The van der Waals surface area contributed by atoms with Gasteiger partial charge in [0.2, 0.25) is 12.5 Å². The Morgan fingerprint density at radius 2 is 1.80 bits per heavy atom. The van der Waals surface area contributed by atoms with E-state index in [0.29, 0.717) is 63.9 Å². The Labute approximate surface area is 204 Å². The molecule has 0 radical (unpaired) electrons. The van der Waals surface area contributed by atoms with Gasteiger partial charge in [0.25, 0.3) is 0 Å². The highest BCUT2D eigenvalue weighted by molar-refractivity contribution is 6.11. The molecule has 1 atom stereocenters. The van der Waals surface area contributed by atoms with Gasteiger partial charge in [-0.2, -0.15) is 0 Å². The van der Waals surface area contributed by atoms with Crippen LogP contribution in [0, 0.1) is 0 Å². The van der Waals surface area contributed by atoms with Crippen molar-refractivity contribution in [1.29, 1.82) is 0 Å². The standard InChI is InChI=1S/C26H30NO8/c1-27(14-22(29)32-4)11-10-18-19(13-27)24(33-5)26-25(34-15-35-26)23(18)20(28)8-6-16-12-17(30-2)7-9-21(16)31-3/h6-9,12H,10-11,13-15H2,1-5H3/q+1. The lowest BCUT2D eigenvalue weighted by Crippen LogP contribution is -2.51. The molecule has 0 fully saturated rings. The summed E-state index contributed by atoms with van der Waals surface area (Å²) in [4.78, 5) is 25.6. The summed E-state index contributed by atoms with van der Waals surface area (Å²) in [7, 11) is 8.08. The van der Waals surface area contributed by atoms with Crippen LogP contribution >= 0.6 is 0 Å². The maximum atomic E-state index is 13.6. The lowest BCUT2D eigenvalue weighted by Gasteiger charge is -2.38. The van der Waals surface area contributed by atoms with Gasteiger partial charge in [-0.3, -0.25) is 4.79 Å². The highest BCUT2D eigenvalue weighted by Crippen LogP contribution is 2.50. The van der Waals surface area contributed by atoms with Crippen molar-refractivity contribution in [3.8, 4) is 28.7 Å². The number of likely N-dealkylation sites (N-methyl/N-ethyl adjacent to an activating group) is 1. The second-order valence-corrected chi connectivity index (χ2v) is 8.72. The van der Waals surface area contributed by atoms with Gasteiger partial charge >= 0.3 is 5.97 Å². The Hall–Kier alpha value is -3.72. The molecule has 9 nitrogen and oxygen atoms in total. The first-order valence-electron chi connectivity index (χ1n) is 11.2. The summed E-state index contributed by atoms with van der Waals surface area (Å²) in [5, 5.41) is 0. The van der Waals surface area contributed by atoms with Gasteiger partial charge in [-0.05, 0) is 35.9 Å². The van der Waals surface area contributed by atoms with Crippen LogP contribution in [-0.2, 0) is 22.5 Å². The summed E-state index contributed by atoms with van der Waals surface area (Å²) < 4.78 is 33.2. The maximum Gasteiger partial charge on any atom is 0.361 e. The van der Waals surface area contributed by atoms with Gasteiger partial charge in [-0.25, -0.2) is 4.79 Å². The van der Waals surface area contributed by atoms with Crippen LogP contribution in [0.3, 0.4) is 0 Å². The number of esters is 1. The van der Waals surface area contributed by atoms with Gasteiger partial charge < -0.3 is 32.9 Å². The third kappa shape index (κ3) is 4.64. The van der Waals surface area contributed by atoms with Gasteiger partial charge in [0, 0.05) is 12.0 Å². The zero-order chi connectivity index (χ0) is 25.2. The van der Waals surface area contributed by atoms with E-state index in [9.17, 15) is 9.59 Å². The minimum atomic E-state index is -0.290. The number of nitrogens with zero attached hydrogens (tertiary/aromatic N) is 1. The Balaban J connectivity index is 1.77. The molecule has 9 heteroatoms. The van der Waals surface area contributed by atoms with Crippen LogP contribution in [-0.4, -0.2) is 71.6 Å². The Morgan fingerprint density at radius 1 is 1.03 bits per heavy atom. The number of methoxy groups -OCH3 is 4. The molecule has 4 rings (SSSR count). The number of ether oxygens (including phenoxy) is 6. The van der Waals surface area contributed by atoms with Crippen LogP contribution in [0.1, 0.15) is 27.0 Å². The molecule has 2 aromatic carbocycles. The molecular weight excluding hydrogens is 454 g/mol. The van der Waals surface area contributed by atoms with Gasteiger partial charge in [-0.15, -0.1) is 0 Å².